The number of alkyl halides is 1. The third kappa shape index (κ3) is 2.66. The van der Waals surface area contributed by atoms with Crippen LogP contribution in [0.3, 0.4) is 0 Å². The molecule has 0 aliphatic heterocycles. The SMILES string of the molecule is Clc1ccc2nccc(OCCCBr)c2c1. The number of benzene rings is 1. The van der Waals surface area contributed by atoms with Gasteiger partial charge in [-0.05, 0) is 30.7 Å². The molecule has 0 bridgehead atoms. The van der Waals surface area contributed by atoms with E-state index in [1.807, 2.05) is 24.3 Å². The topological polar surface area (TPSA) is 22.1 Å². The van der Waals surface area contributed by atoms with E-state index in [0.29, 0.717) is 11.6 Å². The monoisotopic (exact) mass is 299 g/mol. The average molecular weight is 301 g/mol. The zero-order valence-electron chi connectivity index (χ0n) is 8.62. The minimum absolute atomic E-state index is 0.691. The smallest absolute Gasteiger partial charge is 0.130 e. The number of halogens is 2. The van der Waals surface area contributed by atoms with Gasteiger partial charge in [0.05, 0.1) is 12.1 Å². The van der Waals surface area contributed by atoms with Crippen molar-refractivity contribution in [1.29, 1.82) is 0 Å². The number of fused-ring (bicyclic) bond motifs is 1. The van der Waals surface area contributed by atoms with E-state index >= 15 is 0 Å². The van der Waals surface area contributed by atoms with Gasteiger partial charge in [-0.1, -0.05) is 27.5 Å². The van der Waals surface area contributed by atoms with Crippen molar-refractivity contribution in [2.24, 2.45) is 0 Å². The van der Waals surface area contributed by atoms with Gasteiger partial charge in [0.1, 0.15) is 5.75 Å². The van der Waals surface area contributed by atoms with Crippen LogP contribution >= 0.6 is 27.5 Å². The van der Waals surface area contributed by atoms with Gasteiger partial charge >= 0.3 is 0 Å². The Morgan fingerprint density at radius 3 is 3.00 bits per heavy atom. The molecule has 0 aliphatic rings. The average Bonchev–Trinajstić information content (AvgIpc) is 2.30. The van der Waals surface area contributed by atoms with Crippen LogP contribution in [-0.2, 0) is 0 Å². The van der Waals surface area contributed by atoms with Crippen molar-refractivity contribution >= 4 is 38.4 Å². The molecule has 2 rings (SSSR count). The Kier molecular flexibility index (Phi) is 4.02. The summed E-state index contributed by atoms with van der Waals surface area (Å²) in [7, 11) is 0. The first kappa shape index (κ1) is 11.7. The maximum absolute atomic E-state index is 5.96. The minimum Gasteiger partial charge on any atom is -0.493 e. The highest BCUT2D eigenvalue weighted by Gasteiger charge is 2.03. The molecule has 0 spiro atoms. The summed E-state index contributed by atoms with van der Waals surface area (Å²) in [6.45, 7) is 0.691. The number of nitrogens with zero attached hydrogens (tertiary/aromatic N) is 1. The maximum atomic E-state index is 5.96. The molecule has 2 aromatic rings. The summed E-state index contributed by atoms with van der Waals surface area (Å²) in [5.74, 6) is 0.841. The highest BCUT2D eigenvalue weighted by Crippen LogP contribution is 2.26. The quantitative estimate of drug-likeness (QED) is 0.628. The Morgan fingerprint density at radius 1 is 1.31 bits per heavy atom. The third-order valence-electron chi connectivity index (χ3n) is 2.20. The molecule has 0 atom stereocenters. The Labute approximate surface area is 108 Å². The summed E-state index contributed by atoms with van der Waals surface area (Å²) in [5.41, 5.74) is 0.903. The molecule has 0 saturated heterocycles. The van der Waals surface area contributed by atoms with Crippen LogP contribution in [0, 0.1) is 0 Å². The first-order valence-corrected chi connectivity index (χ1v) is 6.54. The number of pyridine rings is 1. The van der Waals surface area contributed by atoms with Crippen molar-refractivity contribution in [3.05, 3.63) is 35.5 Å². The Morgan fingerprint density at radius 2 is 2.19 bits per heavy atom. The Hall–Kier alpha value is -0.800. The van der Waals surface area contributed by atoms with E-state index in [4.69, 9.17) is 16.3 Å². The van der Waals surface area contributed by atoms with E-state index in [1.54, 1.807) is 6.20 Å². The molecule has 2 nitrogen and oxygen atoms in total. The van der Waals surface area contributed by atoms with E-state index < -0.39 is 0 Å². The van der Waals surface area contributed by atoms with Crippen molar-refractivity contribution in [2.75, 3.05) is 11.9 Å². The van der Waals surface area contributed by atoms with E-state index in [-0.39, 0.29) is 0 Å². The van der Waals surface area contributed by atoms with Gasteiger partial charge in [-0.2, -0.15) is 0 Å². The fourth-order valence-electron chi connectivity index (χ4n) is 1.46. The largest absolute Gasteiger partial charge is 0.493 e. The van der Waals surface area contributed by atoms with Gasteiger partial charge in [0.15, 0.2) is 0 Å². The molecule has 0 unspecified atom stereocenters. The van der Waals surface area contributed by atoms with Crippen LogP contribution in [0.5, 0.6) is 5.75 Å². The molecule has 1 aromatic heterocycles. The summed E-state index contributed by atoms with van der Waals surface area (Å²) in [4.78, 5) is 4.26. The van der Waals surface area contributed by atoms with Crippen molar-refractivity contribution in [3.8, 4) is 5.75 Å². The number of aromatic nitrogens is 1. The number of rotatable bonds is 4. The first-order valence-electron chi connectivity index (χ1n) is 5.04. The van der Waals surface area contributed by atoms with Gasteiger partial charge in [0.2, 0.25) is 0 Å². The van der Waals surface area contributed by atoms with E-state index in [0.717, 1.165) is 28.4 Å². The second kappa shape index (κ2) is 5.51. The lowest BCUT2D eigenvalue weighted by Crippen LogP contribution is -1.98. The predicted molar refractivity (Wildman–Crippen MR) is 70.7 cm³/mol. The van der Waals surface area contributed by atoms with Crippen LogP contribution in [0.4, 0.5) is 0 Å². The summed E-state index contributed by atoms with van der Waals surface area (Å²) in [6, 6.07) is 7.48. The molecule has 4 heteroatoms. The molecular formula is C12H11BrClNO. The van der Waals surface area contributed by atoms with Crippen LogP contribution in [-0.4, -0.2) is 16.9 Å². The molecule has 16 heavy (non-hydrogen) atoms. The van der Waals surface area contributed by atoms with Gasteiger partial charge in [-0.3, -0.25) is 4.98 Å². The molecule has 0 aliphatic carbocycles. The predicted octanol–water partition coefficient (Wildman–Crippen LogP) is 4.05. The number of hydrogen-bond acceptors (Lipinski definition) is 2. The van der Waals surface area contributed by atoms with Crippen LogP contribution in [0.2, 0.25) is 5.02 Å². The lowest BCUT2D eigenvalue weighted by molar-refractivity contribution is 0.322. The first-order chi connectivity index (χ1) is 7.81. The fraction of sp³-hybridized carbons (Fsp3) is 0.250. The van der Waals surface area contributed by atoms with Gasteiger partial charge < -0.3 is 4.74 Å². The normalized spacial score (nSPS) is 10.6. The maximum Gasteiger partial charge on any atom is 0.130 e. The highest BCUT2D eigenvalue weighted by atomic mass is 79.9. The zero-order valence-corrected chi connectivity index (χ0v) is 11.0. The van der Waals surface area contributed by atoms with Crippen molar-refractivity contribution in [2.45, 2.75) is 6.42 Å². The second-order valence-corrected chi connectivity index (χ2v) is 4.59. The molecule has 84 valence electrons. The van der Waals surface area contributed by atoms with Crippen LogP contribution < -0.4 is 4.74 Å². The van der Waals surface area contributed by atoms with E-state index in [9.17, 15) is 0 Å². The fourth-order valence-corrected chi connectivity index (χ4v) is 1.86. The molecular weight excluding hydrogens is 289 g/mol. The third-order valence-corrected chi connectivity index (χ3v) is 2.99. The Balaban J connectivity index is 2.32. The van der Waals surface area contributed by atoms with Gasteiger partial charge in [0, 0.05) is 21.9 Å². The summed E-state index contributed by atoms with van der Waals surface area (Å²) < 4.78 is 5.69. The molecule has 0 N–H and O–H groups in total. The second-order valence-electron chi connectivity index (χ2n) is 3.36. The summed E-state index contributed by atoms with van der Waals surface area (Å²) >= 11 is 9.33. The summed E-state index contributed by atoms with van der Waals surface area (Å²) in [6.07, 6.45) is 2.73. The molecule has 1 heterocycles. The minimum atomic E-state index is 0.691. The zero-order chi connectivity index (χ0) is 11.4. The van der Waals surface area contributed by atoms with Crippen LogP contribution in [0.25, 0.3) is 10.9 Å². The van der Waals surface area contributed by atoms with Gasteiger partial charge in [-0.15, -0.1) is 0 Å². The number of ether oxygens (including phenoxy) is 1. The highest BCUT2D eigenvalue weighted by molar-refractivity contribution is 9.09. The van der Waals surface area contributed by atoms with Crippen molar-refractivity contribution in [1.82, 2.24) is 4.98 Å². The van der Waals surface area contributed by atoms with Crippen LogP contribution in [0.15, 0.2) is 30.5 Å². The van der Waals surface area contributed by atoms with E-state index in [2.05, 4.69) is 20.9 Å². The molecule has 0 radical (unpaired) electrons. The lowest BCUT2D eigenvalue weighted by atomic mass is 10.2. The van der Waals surface area contributed by atoms with Gasteiger partial charge in [0.25, 0.3) is 0 Å². The van der Waals surface area contributed by atoms with Crippen molar-refractivity contribution in [3.63, 3.8) is 0 Å². The molecule has 0 fully saturated rings. The number of hydrogen-bond donors (Lipinski definition) is 0. The molecule has 0 saturated carbocycles. The molecule has 1 aromatic carbocycles. The van der Waals surface area contributed by atoms with Crippen LogP contribution in [0.1, 0.15) is 6.42 Å². The van der Waals surface area contributed by atoms with E-state index in [1.165, 1.54) is 0 Å². The van der Waals surface area contributed by atoms with Gasteiger partial charge in [-0.25, -0.2) is 0 Å². The Bertz CT molecular complexity index is 489. The summed E-state index contributed by atoms with van der Waals surface area (Å²) in [5, 5.41) is 2.60. The standard InChI is InChI=1S/C12H11BrClNO/c13-5-1-7-16-12-4-6-15-11-3-2-9(14)8-10(11)12/h2-4,6,8H,1,5,7H2. The molecule has 0 amide bonds. The lowest BCUT2D eigenvalue weighted by Gasteiger charge is -2.08. The van der Waals surface area contributed by atoms with Crippen molar-refractivity contribution < 1.29 is 4.74 Å².